The second kappa shape index (κ2) is 11.2. The second-order valence-electron chi connectivity index (χ2n) is 9.40. The molecule has 0 aliphatic carbocycles. The molecule has 0 spiro atoms. The quantitative estimate of drug-likeness (QED) is 0.228. The molecular weight excluding hydrogens is 564 g/mol. The van der Waals surface area contributed by atoms with Crippen LogP contribution in [0.25, 0.3) is 22.4 Å². The molecule has 0 radical (unpaired) electrons. The van der Waals surface area contributed by atoms with Crippen LogP contribution in [0.2, 0.25) is 0 Å². The first-order valence-corrected chi connectivity index (χ1v) is 12.5. The normalized spacial score (nSPS) is 17.0. The van der Waals surface area contributed by atoms with E-state index in [1.54, 1.807) is 54.6 Å². The fourth-order valence-electron chi connectivity index (χ4n) is 4.50. The van der Waals surface area contributed by atoms with Gasteiger partial charge in [-0.3, -0.25) is 4.79 Å². The number of hydrogen-bond donors (Lipinski definition) is 1. The van der Waals surface area contributed by atoms with Gasteiger partial charge < -0.3 is 9.84 Å². The number of aliphatic carboxylic acids is 1. The molecule has 1 aromatic heterocycles. The predicted molar refractivity (Wildman–Crippen MR) is 143 cm³/mol. The maximum absolute atomic E-state index is 13.8. The topological polar surface area (TPSA) is 75.0 Å². The number of hydrogen-bond acceptors (Lipinski definition) is 5. The van der Waals surface area contributed by atoms with Crippen LogP contribution in [-0.4, -0.2) is 34.5 Å². The highest BCUT2D eigenvalue weighted by Crippen LogP contribution is 2.38. The summed E-state index contributed by atoms with van der Waals surface area (Å²) in [6, 6.07) is 20.7. The minimum Gasteiger partial charge on any atom is -0.488 e. The molecule has 0 saturated carbocycles. The summed E-state index contributed by atoms with van der Waals surface area (Å²) in [4.78, 5) is 15.7. The summed E-state index contributed by atoms with van der Waals surface area (Å²) in [5.74, 6) is -3.30. The standard InChI is InChI=1S/C30H21F6N3O3/c31-29(32,33)21-14-12-20(13-15-21)19-10-8-18(9-11-19)17-42-25-6-2-1-4-22(25)24-5-3-7-26(38-24)39-27(30(34,35)36)23(16-37-39)28(40)41/h1-16,23,27H,17H2,(H,40,41). The van der Waals surface area contributed by atoms with Gasteiger partial charge in [-0.1, -0.05) is 54.6 Å². The number of pyridine rings is 1. The molecule has 2 unspecified atom stereocenters. The lowest BCUT2D eigenvalue weighted by Crippen LogP contribution is -2.47. The molecule has 4 aromatic rings. The van der Waals surface area contributed by atoms with E-state index in [2.05, 4.69) is 10.1 Å². The Morgan fingerprint density at radius 3 is 2.10 bits per heavy atom. The molecule has 1 N–H and O–H groups in total. The number of carboxylic acid groups (broad SMARTS) is 1. The van der Waals surface area contributed by atoms with E-state index in [4.69, 9.17) is 4.74 Å². The zero-order chi connectivity index (χ0) is 30.1. The number of carboxylic acids is 1. The summed E-state index contributed by atoms with van der Waals surface area (Å²) in [5.41, 5.74) is 2.16. The van der Waals surface area contributed by atoms with Crippen molar-refractivity contribution in [2.75, 3.05) is 5.01 Å². The summed E-state index contributed by atoms with van der Waals surface area (Å²) in [7, 11) is 0. The summed E-state index contributed by atoms with van der Waals surface area (Å²) in [6.45, 7) is 0.122. The highest BCUT2D eigenvalue weighted by molar-refractivity contribution is 5.92. The van der Waals surface area contributed by atoms with Crippen LogP contribution in [0.5, 0.6) is 5.75 Å². The highest BCUT2D eigenvalue weighted by Gasteiger charge is 2.54. The number of anilines is 1. The van der Waals surface area contributed by atoms with Crippen LogP contribution in [0.3, 0.4) is 0 Å². The lowest BCUT2D eigenvalue weighted by molar-refractivity contribution is -0.166. The van der Waals surface area contributed by atoms with Crippen molar-refractivity contribution in [2.45, 2.75) is 25.0 Å². The first kappa shape index (κ1) is 28.7. The first-order chi connectivity index (χ1) is 19.9. The summed E-state index contributed by atoms with van der Waals surface area (Å²) in [5, 5.41) is 13.5. The molecule has 5 rings (SSSR count). The molecule has 42 heavy (non-hydrogen) atoms. The third-order valence-corrected chi connectivity index (χ3v) is 6.60. The number of ether oxygens (including phenoxy) is 1. The molecular formula is C30H21F6N3O3. The van der Waals surface area contributed by atoms with Crippen molar-refractivity contribution in [3.05, 3.63) is 102 Å². The zero-order valence-electron chi connectivity index (χ0n) is 21.5. The molecule has 2 atom stereocenters. The second-order valence-corrected chi connectivity index (χ2v) is 9.40. The monoisotopic (exact) mass is 585 g/mol. The van der Waals surface area contributed by atoms with Gasteiger partial charge in [0.05, 0.1) is 11.3 Å². The Kier molecular flexibility index (Phi) is 7.63. The van der Waals surface area contributed by atoms with Gasteiger partial charge in [-0.25, -0.2) is 9.99 Å². The fraction of sp³-hybridized carbons (Fsp3) is 0.167. The van der Waals surface area contributed by atoms with Crippen molar-refractivity contribution < 1.29 is 41.0 Å². The average Bonchev–Trinajstić information content (AvgIpc) is 3.43. The maximum Gasteiger partial charge on any atom is 0.416 e. The number of benzene rings is 3. The van der Waals surface area contributed by atoms with Crippen LogP contribution < -0.4 is 9.75 Å². The minimum atomic E-state index is -4.87. The fourth-order valence-corrected chi connectivity index (χ4v) is 4.50. The molecule has 1 aliphatic rings. The van der Waals surface area contributed by atoms with Crippen LogP contribution in [0, 0.1) is 5.92 Å². The molecule has 0 amide bonds. The Balaban J connectivity index is 1.33. The smallest absolute Gasteiger partial charge is 0.416 e. The molecule has 12 heteroatoms. The number of rotatable bonds is 7. The lowest BCUT2D eigenvalue weighted by Gasteiger charge is -2.27. The molecule has 0 fully saturated rings. The van der Waals surface area contributed by atoms with Gasteiger partial charge in [-0.05, 0) is 53.1 Å². The van der Waals surface area contributed by atoms with Crippen molar-refractivity contribution in [1.29, 1.82) is 0 Å². The Labute approximate surface area is 235 Å². The minimum absolute atomic E-state index is 0.122. The van der Waals surface area contributed by atoms with Gasteiger partial charge in [0.15, 0.2) is 6.04 Å². The van der Waals surface area contributed by atoms with Crippen molar-refractivity contribution >= 4 is 18.0 Å². The van der Waals surface area contributed by atoms with Crippen LogP contribution in [0.4, 0.5) is 32.2 Å². The van der Waals surface area contributed by atoms with E-state index >= 15 is 0 Å². The number of aromatic nitrogens is 1. The van der Waals surface area contributed by atoms with Crippen LogP contribution in [0.1, 0.15) is 11.1 Å². The Morgan fingerprint density at radius 1 is 0.833 bits per heavy atom. The summed E-state index contributed by atoms with van der Waals surface area (Å²) >= 11 is 0. The third kappa shape index (κ3) is 6.07. The van der Waals surface area contributed by atoms with E-state index in [1.165, 1.54) is 24.3 Å². The van der Waals surface area contributed by atoms with Crippen molar-refractivity contribution in [3.63, 3.8) is 0 Å². The maximum atomic E-state index is 13.8. The lowest BCUT2D eigenvalue weighted by atomic mass is 10.0. The Bertz CT molecular complexity index is 1600. The molecule has 1 aliphatic heterocycles. The first-order valence-electron chi connectivity index (χ1n) is 12.5. The largest absolute Gasteiger partial charge is 0.488 e. The molecule has 0 bridgehead atoms. The van der Waals surface area contributed by atoms with Crippen molar-refractivity contribution in [2.24, 2.45) is 11.0 Å². The molecule has 0 saturated heterocycles. The van der Waals surface area contributed by atoms with Gasteiger partial charge in [-0.2, -0.15) is 31.4 Å². The molecule has 2 heterocycles. The van der Waals surface area contributed by atoms with E-state index in [-0.39, 0.29) is 18.1 Å². The SMILES string of the molecule is O=C(O)C1C=NN(c2cccc(-c3ccccc3OCc3ccc(-c4ccc(C(F)(F)F)cc4)cc3)n2)C1C(F)(F)F. The Morgan fingerprint density at radius 2 is 1.48 bits per heavy atom. The van der Waals surface area contributed by atoms with E-state index < -0.39 is 35.8 Å². The summed E-state index contributed by atoms with van der Waals surface area (Å²) in [6.07, 6.45) is -8.54. The van der Waals surface area contributed by atoms with Gasteiger partial charge in [0.1, 0.15) is 24.1 Å². The molecule has 216 valence electrons. The molecule has 3 aromatic carbocycles. The van der Waals surface area contributed by atoms with Gasteiger partial charge in [0, 0.05) is 11.8 Å². The summed E-state index contributed by atoms with van der Waals surface area (Å²) < 4.78 is 85.8. The van der Waals surface area contributed by atoms with E-state index in [0.29, 0.717) is 21.9 Å². The highest BCUT2D eigenvalue weighted by atomic mass is 19.4. The van der Waals surface area contributed by atoms with Gasteiger partial charge in [-0.15, -0.1) is 0 Å². The van der Waals surface area contributed by atoms with Crippen LogP contribution in [0.15, 0.2) is 96.1 Å². The van der Waals surface area contributed by atoms with E-state index in [0.717, 1.165) is 29.5 Å². The predicted octanol–water partition coefficient (Wildman–Crippen LogP) is 7.45. The Hall–Kier alpha value is -4.87. The van der Waals surface area contributed by atoms with Crippen LogP contribution in [-0.2, 0) is 17.6 Å². The third-order valence-electron chi connectivity index (χ3n) is 6.60. The number of hydrazone groups is 1. The number of para-hydroxylation sites is 1. The number of halogens is 6. The van der Waals surface area contributed by atoms with E-state index in [1.807, 2.05) is 0 Å². The van der Waals surface area contributed by atoms with Gasteiger partial charge in [0.25, 0.3) is 0 Å². The van der Waals surface area contributed by atoms with Gasteiger partial charge in [0.2, 0.25) is 0 Å². The van der Waals surface area contributed by atoms with Gasteiger partial charge >= 0.3 is 18.3 Å². The number of carbonyl (C=O) groups is 1. The number of nitrogens with zero attached hydrogens (tertiary/aromatic N) is 3. The van der Waals surface area contributed by atoms with Crippen molar-refractivity contribution in [1.82, 2.24) is 4.98 Å². The number of alkyl halides is 6. The zero-order valence-corrected chi connectivity index (χ0v) is 21.5. The van der Waals surface area contributed by atoms with Crippen molar-refractivity contribution in [3.8, 4) is 28.1 Å². The average molecular weight is 586 g/mol. The van der Waals surface area contributed by atoms with E-state index in [9.17, 15) is 36.2 Å². The van der Waals surface area contributed by atoms with Crippen LogP contribution >= 0.6 is 0 Å². The molecule has 6 nitrogen and oxygen atoms in total.